The van der Waals surface area contributed by atoms with Gasteiger partial charge in [-0.3, -0.25) is 4.79 Å². The second-order valence-electron chi connectivity index (χ2n) is 2.38. The number of ether oxygens (including phenoxy) is 1. The molecule has 6 nitrogen and oxygen atoms in total. The van der Waals surface area contributed by atoms with E-state index in [9.17, 15) is 4.79 Å². The van der Waals surface area contributed by atoms with Gasteiger partial charge in [-0.1, -0.05) is 0 Å². The van der Waals surface area contributed by atoms with Crippen molar-refractivity contribution in [3.63, 3.8) is 0 Å². The molecule has 13 heavy (non-hydrogen) atoms. The quantitative estimate of drug-likeness (QED) is 0.634. The Kier molecular flexibility index (Phi) is 1.66. The highest BCUT2D eigenvalue weighted by Crippen LogP contribution is 2.08. The molecule has 2 aromatic heterocycles. The summed E-state index contributed by atoms with van der Waals surface area (Å²) in [6.07, 6.45) is 2.98. The molecule has 0 saturated carbocycles. The predicted octanol–water partition coefficient (Wildman–Crippen LogP) is 0.278. The summed E-state index contributed by atoms with van der Waals surface area (Å²) >= 11 is 0. The van der Waals surface area contributed by atoms with Gasteiger partial charge in [0.2, 0.25) is 0 Å². The van der Waals surface area contributed by atoms with Crippen LogP contribution >= 0.6 is 0 Å². The van der Waals surface area contributed by atoms with Gasteiger partial charge in [-0.05, 0) is 0 Å². The van der Waals surface area contributed by atoms with Crippen molar-refractivity contribution in [3.05, 3.63) is 12.5 Å². The third-order valence-corrected chi connectivity index (χ3v) is 1.39. The zero-order chi connectivity index (χ0) is 9.26. The molecule has 0 atom stereocenters. The van der Waals surface area contributed by atoms with E-state index in [0.29, 0.717) is 11.2 Å². The molecular formula is C7H6N4O2. The Morgan fingerprint density at radius 3 is 3.15 bits per heavy atom. The predicted molar refractivity (Wildman–Crippen MR) is 43.0 cm³/mol. The molecule has 0 aliphatic rings. The highest BCUT2D eigenvalue weighted by molar-refractivity contribution is 5.71. The topological polar surface area (TPSA) is 80.8 Å². The molecule has 2 heterocycles. The standard InChI is InChI=1S/C7H6N4O2/c1-4(12)13-7-8-2-5-6(11-7)10-3-9-5/h2-3H,1H3,(H,8,9,10,11). The Morgan fingerprint density at radius 2 is 2.38 bits per heavy atom. The number of fused-ring (bicyclic) bond motifs is 1. The van der Waals surface area contributed by atoms with Crippen molar-refractivity contribution in [2.24, 2.45) is 0 Å². The lowest BCUT2D eigenvalue weighted by Gasteiger charge is -1.96. The van der Waals surface area contributed by atoms with Crippen LogP contribution in [-0.2, 0) is 4.79 Å². The van der Waals surface area contributed by atoms with Gasteiger partial charge in [-0.2, -0.15) is 4.98 Å². The van der Waals surface area contributed by atoms with Crippen molar-refractivity contribution in [1.82, 2.24) is 19.9 Å². The van der Waals surface area contributed by atoms with Gasteiger partial charge in [-0.15, -0.1) is 0 Å². The van der Waals surface area contributed by atoms with Gasteiger partial charge in [0, 0.05) is 6.92 Å². The third-order valence-electron chi connectivity index (χ3n) is 1.39. The summed E-state index contributed by atoms with van der Waals surface area (Å²) in [4.78, 5) is 24.9. The van der Waals surface area contributed by atoms with Crippen LogP contribution in [0, 0.1) is 0 Å². The Bertz CT molecular complexity index is 450. The Morgan fingerprint density at radius 1 is 1.54 bits per heavy atom. The Balaban J connectivity index is 2.42. The monoisotopic (exact) mass is 178 g/mol. The first-order valence-electron chi connectivity index (χ1n) is 3.60. The second-order valence-corrected chi connectivity index (χ2v) is 2.38. The molecule has 0 bridgehead atoms. The minimum atomic E-state index is -0.445. The third kappa shape index (κ3) is 1.46. The number of imidazole rings is 1. The molecule has 0 aliphatic carbocycles. The van der Waals surface area contributed by atoms with Crippen molar-refractivity contribution in [1.29, 1.82) is 0 Å². The van der Waals surface area contributed by atoms with Gasteiger partial charge in [0.1, 0.15) is 5.52 Å². The minimum absolute atomic E-state index is 0.0317. The molecule has 0 fully saturated rings. The molecule has 1 N–H and O–H groups in total. The molecule has 0 radical (unpaired) electrons. The van der Waals surface area contributed by atoms with Gasteiger partial charge in [0.25, 0.3) is 0 Å². The summed E-state index contributed by atoms with van der Waals surface area (Å²) in [5.41, 5.74) is 1.18. The van der Waals surface area contributed by atoms with Crippen molar-refractivity contribution < 1.29 is 9.53 Å². The number of nitrogens with one attached hydrogen (secondary N) is 1. The zero-order valence-corrected chi connectivity index (χ0v) is 6.81. The molecule has 0 aromatic carbocycles. The van der Waals surface area contributed by atoms with Crippen molar-refractivity contribution in [2.75, 3.05) is 0 Å². The summed E-state index contributed by atoms with van der Waals surface area (Å²) in [5.74, 6) is -0.445. The summed E-state index contributed by atoms with van der Waals surface area (Å²) in [5, 5.41) is 0. The van der Waals surface area contributed by atoms with Crippen LogP contribution in [0.3, 0.4) is 0 Å². The largest absolute Gasteiger partial charge is 0.391 e. The highest BCUT2D eigenvalue weighted by atomic mass is 16.5. The fraction of sp³-hybridized carbons (Fsp3) is 0.143. The van der Waals surface area contributed by atoms with E-state index in [4.69, 9.17) is 0 Å². The Hall–Kier alpha value is -1.98. The number of carbonyl (C=O) groups is 1. The lowest BCUT2D eigenvalue weighted by molar-refractivity contribution is -0.132. The summed E-state index contributed by atoms with van der Waals surface area (Å²) in [6.45, 7) is 1.29. The number of hydrogen-bond acceptors (Lipinski definition) is 5. The van der Waals surface area contributed by atoms with Gasteiger partial charge in [-0.25, -0.2) is 9.97 Å². The molecular weight excluding hydrogens is 172 g/mol. The molecule has 0 saturated heterocycles. The van der Waals surface area contributed by atoms with E-state index in [1.54, 1.807) is 0 Å². The molecule has 2 aromatic rings. The van der Waals surface area contributed by atoms with Gasteiger partial charge >= 0.3 is 12.0 Å². The first-order chi connectivity index (χ1) is 6.25. The number of nitrogens with zero attached hydrogens (tertiary/aromatic N) is 3. The molecule has 0 unspecified atom stereocenters. The number of H-pyrrole nitrogens is 1. The van der Waals surface area contributed by atoms with Crippen LogP contribution in [0.2, 0.25) is 0 Å². The van der Waals surface area contributed by atoms with Crippen LogP contribution in [0.15, 0.2) is 12.5 Å². The van der Waals surface area contributed by atoms with Crippen LogP contribution in [0.5, 0.6) is 6.01 Å². The first kappa shape index (κ1) is 7.66. The lowest BCUT2D eigenvalue weighted by atomic mass is 10.6. The van der Waals surface area contributed by atoms with E-state index < -0.39 is 5.97 Å². The van der Waals surface area contributed by atoms with Crippen LogP contribution in [0.25, 0.3) is 11.2 Å². The van der Waals surface area contributed by atoms with Gasteiger partial charge < -0.3 is 9.72 Å². The number of hydrogen-bond donors (Lipinski definition) is 1. The number of aromatic amines is 1. The minimum Gasteiger partial charge on any atom is -0.391 e. The number of rotatable bonds is 1. The lowest BCUT2D eigenvalue weighted by Crippen LogP contribution is -2.04. The van der Waals surface area contributed by atoms with E-state index >= 15 is 0 Å². The van der Waals surface area contributed by atoms with Gasteiger partial charge in [0.05, 0.1) is 12.5 Å². The average molecular weight is 178 g/mol. The fourth-order valence-corrected chi connectivity index (χ4v) is 0.901. The fourth-order valence-electron chi connectivity index (χ4n) is 0.901. The Labute approximate surface area is 73.0 Å². The smallest absolute Gasteiger partial charge is 0.326 e. The maximum Gasteiger partial charge on any atom is 0.326 e. The summed E-state index contributed by atoms with van der Waals surface area (Å²) < 4.78 is 4.68. The van der Waals surface area contributed by atoms with Crippen LogP contribution in [-0.4, -0.2) is 25.9 Å². The van der Waals surface area contributed by atoms with Crippen molar-refractivity contribution in [3.8, 4) is 6.01 Å². The van der Waals surface area contributed by atoms with Crippen LogP contribution < -0.4 is 4.74 Å². The first-order valence-corrected chi connectivity index (χ1v) is 3.60. The summed E-state index contributed by atoms with van der Waals surface area (Å²) in [6, 6.07) is 0.0317. The normalized spacial score (nSPS) is 10.2. The number of aromatic nitrogens is 4. The van der Waals surface area contributed by atoms with E-state index in [1.165, 1.54) is 19.4 Å². The molecule has 6 heteroatoms. The highest BCUT2D eigenvalue weighted by Gasteiger charge is 2.03. The van der Waals surface area contributed by atoms with Crippen molar-refractivity contribution in [2.45, 2.75) is 6.92 Å². The maximum atomic E-state index is 10.6. The van der Waals surface area contributed by atoms with Crippen LogP contribution in [0.4, 0.5) is 0 Å². The SMILES string of the molecule is CC(=O)Oc1ncc2nc[nH]c2n1. The summed E-state index contributed by atoms with van der Waals surface area (Å²) in [7, 11) is 0. The van der Waals surface area contributed by atoms with Gasteiger partial charge in [0.15, 0.2) is 5.65 Å². The molecule has 66 valence electrons. The van der Waals surface area contributed by atoms with E-state index in [2.05, 4.69) is 24.7 Å². The number of esters is 1. The molecule has 0 amide bonds. The average Bonchev–Trinajstić information content (AvgIpc) is 2.49. The molecule has 0 aliphatic heterocycles. The van der Waals surface area contributed by atoms with E-state index in [1.807, 2.05) is 0 Å². The van der Waals surface area contributed by atoms with E-state index in [0.717, 1.165) is 0 Å². The number of carbonyl (C=O) groups excluding carboxylic acids is 1. The second kappa shape index (κ2) is 2.81. The van der Waals surface area contributed by atoms with E-state index in [-0.39, 0.29) is 6.01 Å². The van der Waals surface area contributed by atoms with Crippen LogP contribution in [0.1, 0.15) is 6.92 Å². The molecule has 0 spiro atoms. The van der Waals surface area contributed by atoms with Crippen molar-refractivity contribution >= 4 is 17.1 Å². The molecule has 2 rings (SSSR count). The zero-order valence-electron chi connectivity index (χ0n) is 6.81. The maximum absolute atomic E-state index is 10.6.